The van der Waals surface area contributed by atoms with Crippen molar-refractivity contribution in [1.82, 2.24) is 19.9 Å². The molecule has 4 aromatic heterocycles. The largest absolute Gasteiger partial charge is 0.584 e. The van der Waals surface area contributed by atoms with Gasteiger partial charge in [-0.2, -0.15) is 0 Å². The number of hydrogen-bond donors (Lipinski definition) is 8. The molecule has 0 aliphatic carbocycles. The van der Waals surface area contributed by atoms with E-state index in [9.17, 15) is 39.5 Å². The first kappa shape index (κ1) is 55.2. The molecule has 6 atom stereocenters. The number of phosphoric acid groups is 1. The van der Waals surface area contributed by atoms with Crippen LogP contribution in [0.3, 0.4) is 0 Å². The number of benzene rings is 6. The molecule has 18 nitrogen and oxygen atoms in total. The number of anilines is 1. The van der Waals surface area contributed by atoms with Gasteiger partial charge in [0.1, 0.15) is 47.2 Å². The van der Waals surface area contributed by atoms with E-state index in [1.54, 1.807) is 24.3 Å². The molecule has 1 fully saturated rings. The van der Waals surface area contributed by atoms with Gasteiger partial charge in [-0.3, -0.25) is 9.69 Å². The first-order valence-electron chi connectivity index (χ1n) is 27.4. The third-order valence-electron chi connectivity index (χ3n) is 14.9. The summed E-state index contributed by atoms with van der Waals surface area (Å²) in [5.41, 5.74) is 13.4. The minimum absolute atomic E-state index is 0.0297. The van der Waals surface area contributed by atoms with Gasteiger partial charge in [0.05, 0.1) is 35.8 Å². The van der Waals surface area contributed by atoms with Gasteiger partial charge in [-0.25, -0.2) is 19.3 Å². The minimum atomic E-state index is -4.80. The maximum absolute atomic E-state index is 13.6. The number of aliphatic hydroxyl groups excluding tert-OH is 4. The second-order valence-corrected chi connectivity index (χ2v) is 21.9. The quantitative estimate of drug-likeness (QED) is 0.0371. The molecule has 1 amide bonds. The van der Waals surface area contributed by atoms with Crippen molar-refractivity contribution in [2.75, 3.05) is 11.9 Å². The van der Waals surface area contributed by atoms with Crippen LogP contribution in [-0.4, -0.2) is 88.5 Å². The van der Waals surface area contributed by atoms with Crippen LogP contribution < -0.4 is 24.7 Å². The number of phosphoric ester groups is 1. The number of amides is 1. The number of aromatic nitrogens is 4. The molecule has 3 aliphatic rings. The highest BCUT2D eigenvalue weighted by Crippen LogP contribution is 2.46. The number of fused-ring (bicyclic) bond motifs is 9. The van der Waals surface area contributed by atoms with Crippen LogP contribution in [0.1, 0.15) is 28.3 Å². The topological polar surface area (TPSA) is 272 Å². The van der Waals surface area contributed by atoms with Crippen molar-refractivity contribution in [3.8, 4) is 61.8 Å². The van der Waals surface area contributed by atoms with Gasteiger partial charge in [0, 0.05) is 67.5 Å². The third-order valence-corrected chi connectivity index (χ3v) is 15.8. The lowest BCUT2D eigenvalue weighted by Gasteiger charge is -2.39. The molecular formula is C67H52N5O13P. The molecule has 86 heavy (non-hydrogen) atoms. The highest BCUT2D eigenvalue weighted by Gasteiger charge is 2.45. The highest BCUT2D eigenvalue weighted by molar-refractivity contribution is 7.48. The van der Waals surface area contributed by atoms with E-state index in [2.05, 4.69) is 76.0 Å². The summed E-state index contributed by atoms with van der Waals surface area (Å²) in [5, 5.41) is 43.4. The first-order valence-corrected chi connectivity index (χ1v) is 28.9. The van der Waals surface area contributed by atoms with Crippen molar-refractivity contribution in [1.29, 1.82) is 0 Å². The van der Waals surface area contributed by atoms with E-state index >= 15 is 0 Å². The molecule has 19 heteroatoms. The van der Waals surface area contributed by atoms with E-state index in [0.29, 0.717) is 22.3 Å². The fourth-order valence-corrected chi connectivity index (χ4v) is 11.7. The van der Waals surface area contributed by atoms with Gasteiger partial charge in [0.2, 0.25) is 12.2 Å². The van der Waals surface area contributed by atoms with Gasteiger partial charge in [-0.05, 0) is 125 Å². The lowest BCUT2D eigenvalue weighted by molar-refractivity contribution is -0.277. The molecule has 13 rings (SSSR count). The number of nitrogens with zero attached hydrogens (tertiary/aromatic N) is 2. The van der Waals surface area contributed by atoms with E-state index < -0.39 is 56.7 Å². The number of aromatic amines is 2. The SMILES string of the molecule is O=C(Cc1cc(=O)oc2cc(O[C@@H]3O[C@H](CO)[C@@H](O)[C@H](O)[C@H]3O)ccc12)Nc1ccc(OP(=O)(O)Oc2ccc(-c3c4nc(c(-c5ccccc5)c5ccc([nH]5)c(-c5ccccc5)c5nc(c(-c6ccccc6)c6ccc3[nH]6)C=C5)C=C4)cc2)cc1. The zero-order chi connectivity index (χ0) is 59.1. The molecular weight excluding hydrogens is 1110 g/mol. The summed E-state index contributed by atoms with van der Waals surface area (Å²) in [5.74, 6) is -0.429. The summed E-state index contributed by atoms with van der Waals surface area (Å²) in [4.78, 5) is 55.2. The molecule has 3 aliphatic heterocycles. The summed E-state index contributed by atoms with van der Waals surface area (Å²) in [7, 11) is -4.80. The van der Waals surface area contributed by atoms with Gasteiger partial charge in [0.25, 0.3) is 0 Å². The van der Waals surface area contributed by atoms with Crippen LogP contribution in [0, 0.1) is 0 Å². The summed E-state index contributed by atoms with van der Waals surface area (Å²) in [6, 6.07) is 56.6. The second kappa shape index (κ2) is 23.2. The molecule has 1 saturated heterocycles. The lowest BCUT2D eigenvalue weighted by atomic mass is 9.99. The molecule has 6 aromatic carbocycles. The first-order chi connectivity index (χ1) is 41.8. The highest BCUT2D eigenvalue weighted by atomic mass is 31.2. The van der Waals surface area contributed by atoms with Crippen LogP contribution in [0.4, 0.5) is 5.69 Å². The Morgan fingerprint density at radius 3 is 1.45 bits per heavy atom. The Morgan fingerprint density at radius 1 is 0.547 bits per heavy atom. The van der Waals surface area contributed by atoms with Crippen molar-refractivity contribution in [3.63, 3.8) is 0 Å². The monoisotopic (exact) mass is 1170 g/mol. The van der Waals surface area contributed by atoms with Crippen molar-refractivity contribution >= 4 is 76.8 Å². The van der Waals surface area contributed by atoms with E-state index in [4.69, 9.17) is 32.9 Å². The summed E-state index contributed by atoms with van der Waals surface area (Å²) < 4.78 is 41.2. The van der Waals surface area contributed by atoms with Crippen LogP contribution in [0.15, 0.2) is 197 Å². The van der Waals surface area contributed by atoms with Crippen molar-refractivity contribution in [2.24, 2.45) is 0 Å². The standard InChI is InChI=1S/C67H52N5O13P/c73-37-57-64(76)65(77)66(78)67(83-57)81-46-24-25-47-42(35-59(75)82-56(47)36-46)34-58(74)68-43-18-22-45(23-19-43)85-86(79,80)84-44-20-16-41(17-21-44)63-54-32-30-52(71-54)61(39-12-6-2-7-13-39)50-28-26-48(69-50)60(38-10-4-1-5-11-38)49-27-29-51(70-49)62(40-14-8-3-9-15-40)53-31-33-55(63)72-53/h1-33,35-36,57,64-67,69,72-73,76-78H,34,37H2,(H,68,74)(H,79,80)/t57-,64-,65+,66-,67-/m1/s1. The number of rotatable bonds is 14. The predicted octanol–water partition coefficient (Wildman–Crippen LogP) is 11.3. The Hall–Kier alpha value is -10.0. The maximum atomic E-state index is 13.6. The molecule has 1 unspecified atom stereocenters. The van der Waals surface area contributed by atoms with Crippen LogP contribution in [0.2, 0.25) is 0 Å². The average molecular weight is 1170 g/mol. The summed E-state index contributed by atoms with van der Waals surface area (Å²) >= 11 is 0. The molecule has 0 saturated carbocycles. The van der Waals surface area contributed by atoms with Gasteiger partial charge < -0.3 is 58.6 Å². The fraction of sp³-hybridized carbons (Fsp3) is 0.104. The minimum Gasteiger partial charge on any atom is -0.462 e. The Balaban J connectivity index is 0.768. The predicted molar refractivity (Wildman–Crippen MR) is 327 cm³/mol. The van der Waals surface area contributed by atoms with E-state index in [1.807, 2.05) is 78.9 Å². The summed E-state index contributed by atoms with van der Waals surface area (Å²) in [6.45, 7) is -0.650. The van der Waals surface area contributed by atoms with Gasteiger partial charge in [-0.1, -0.05) is 103 Å². The smallest absolute Gasteiger partial charge is 0.462 e. The lowest BCUT2D eigenvalue weighted by Crippen LogP contribution is -2.60. The Morgan fingerprint density at radius 2 is 0.988 bits per heavy atom. The summed E-state index contributed by atoms with van der Waals surface area (Å²) in [6.07, 6.45) is 0.248. The molecule has 10 aromatic rings. The maximum Gasteiger partial charge on any atom is 0.584 e. The molecule has 8 bridgehead atoms. The van der Waals surface area contributed by atoms with Crippen molar-refractivity contribution in [3.05, 3.63) is 227 Å². The zero-order valence-corrected chi connectivity index (χ0v) is 46.2. The van der Waals surface area contributed by atoms with Gasteiger partial charge >= 0.3 is 13.4 Å². The average Bonchev–Trinajstić information content (AvgIpc) is 3.01. The zero-order valence-electron chi connectivity index (χ0n) is 45.4. The Bertz CT molecular complexity index is 4530. The van der Waals surface area contributed by atoms with Crippen LogP contribution in [0.25, 0.3) is 102 Å². The normalized spacial score (nSPS) is 17.9. The third kappa shape index (κ3) is 11.3. The van der Waals surface area contributed by atoms with E-state index in [0.717, 1.165) is 83.7 Å². The molecule has 7 heterocycles. The number of H-pyrrole nitrogens is 2. The van der Waals surface area contributed by atoms with Crippen LogP contribution in [0.5, 0.6) is 17.2 Å². The second-order valence-electron chi connectivity index (χ2n) is 20.6. The van der Waals surface area contributed by atoms with Gasteiger partial charge in [-0.15, -0.1) is 0 Å². The number of aliphatic hydroxyl groups is 4. The fourth-order valence-electron chi connectivity index (χ4n) is 10.9. The van der Waals surface area contributed by atoms with E-state index in [1.165, 1.54) is 48.5 Å². The number of carbonyl (C=O) groups excluding carboxylic acids is 1. The Kier molecular flexibility index (Phi) is 14.9. The van der Waals surface area contributed by atoms with Gasteiger partial charge in [0.15, 0.2) is 0 Å². The molecule has 428 valence electrons. The Labute approximate surface area is 489 Å². The van der Waals surface area contributed by atoms with Crippen molar-refractivity contribution in [2.45, 2.75) is 37.1 Å². The van der Waals surface area contributed by atoms with Crippen molar-refractivity contribution < 1.29 is 57.6 Å². The number of nitrogens with one attached hydrogen (secondary N) is 3. The van der Waals surface area contributed by atoms with Crippen LogP contribution in [-0.2, 0) is 20.5 Å². The van der Waals surface area contributed by atoms with E-state index in [-0.39, 0.29) is 29.3 Å². The number of hydrogen-bond acceptors (Lipinski definition) is 14. The van der Waals surface area contributed by atoms with Crippen LogP contribution >= 0.6 is 7.82 Å². The number of ether oxygens (including phenoxy) is 2. The molecule has 0 spiro atoms. The molecule has 8 N–H and O–H groups in total. The number of carbonyl (C=O) groups is 1. The molecule has 0 radical (unpaired) electrons.